The maximum absolute atomic E-state index is 13.8. The molecule has 2 saturated heterocycles. The highest BCUT2D eigenvalue weighted by Crippen LogP contribution is 2.55. The zero-order valence-corrected chi connectivity index (χ0v) is 19.3. The van der Waals surface area contributed by atoms with E-state index in [1.54, 1.807) is 30.3 Å². The highest BCUT2D eigenvalue weighted by atomic mass is 35.5. The number of nitrogens with two attached hydrogens (primary N) is 1. The van der Waals surface area contributed by atoms with Crippen LogP contribution in [0.5, 0.6) is 11.5 Å². The van der Waals surface area contributed by atoms with Gasteiger partial charge in [0.05, 0.1) is 29.1 Å². The quantitative estimate of drug-likeness (QED) is 0.540. The van der Waals surface area contributed by atoms with Gasteiger partial charge in [-0.15, -0.1) is 0 Å². The number of benzene rings is 2. The largest absolute Gasteiger partial charge is 0.454 e. The Morgan fingerprint density at radius 3 is 2.71 bits per heavy atom. The molecule has 4 atom stereocenters. The summed E-state index contributed by atoms with van der Waals surface area (Å²) in [4.78, 5) is 54.0. The van der Waals surface area contributed by atoms with Crippen LogP contribution in [0.2, 0.25) is 5.02 Å². The lowest BCUT2D eigenvalue weighted by Crippen LogP contribution is -2.53. The third-order valence-corrected chi connectivity index (χ3v) is 7.51. The van der Waals surface area contributed by atoms with E-state index in [1.807, 2.05) is 6.92 Å². The van der Waals surface area contributed by atoms with Crippen LogP contribution in [0.4, 0.5) is 5.69 Å². The number of fused-ring (bicyclic) bond motifs is 5. The molecule has 4 heterocycles. The molecule has 10 nitrogen and oxygen atoms in total. The predicted molar refractivity (Wildman–Crippen MR) is 122 cm³/mol. The number of imide groups is 1. The SMILES string of the molecule is Cc1cc(Cl)c2c(c1)[C@@]1(N[C@H](CC(N)=O)[C@H]3C(=O)N(Cc4ccc5c(c4)OCO5)C(=O)[C@@H]31)C(=O)N2. The van der Waals surface area contributed by atoms with E-state index in [2.05, 4.69) is 10.6 Å². The lowest BCUT2D eigenvalue weighted by atomic mass is 9.76. The Hall–Kier alpha value is -3.63. The van der Waals surface area contributed by atoms with Crippen LogP contribution < -0.4 is 25.8 Å². The molecule has 0 saturated carbocycles. The maximum Gasteiger partial charge on any atom is 0.250 e. The predicted octanol–water partition coefficient (Wildman–Crippen LogP) is 1.17. The van der Waals surface area contributed by atoms with Crippen LogP contribution in [0.15, 0.2) is 30.3 Å². The number of aryl methyl sites for hydroxylation is 1. The number of carbonyl (C=O) groups is 4. The van der Waals surface area contributed by atoms with Crippen molar-refractivity contribution in [1.29, 1.82) is 0 Å². The number of likely N-dealkylation sites (tertiary alicyclic amines) is 1. The molecule has 0 aromatic heterocycles. The molecule has 0 bridgehead atoms. The van der Waals surface area contributed by atoms with Gasteiger partial charge in [-0.25, -0.2) is 0 Å². The molecular weight excluding hydrogens is 476 g/mol. The molecule has 0 unspecified atom stereocenters. The first-order valence-electron chi connectivity index (χ1n) is 11.1. The second-order valence-corrected chi connectivity index (χ2v) is 9.71. The van der Waals surface area contributed by atoms with Crippen LogP contribution in [0.25, 0.3) is 0 Å². The summed E-state index contributed by atoms with van der Waals surface area (Å²) in [5, 5.41) is 6.27. The second-order valence-electron chi connectivity index (χ2n) is 9.31. The van der Waals surface area contributed by atoms with Crippen LogP contribution in [-0.4, -0.2) is 41.4 Å². The number of carbonyl (C=O) groups excluding carboxylic acids is 4. The third kappa shape index (κ3) is 2.99. The van der Waals surface area contributed by atoms with Crippen molar-refractivity contribution in [3.63, 3.8) is 0 Å². The van der Waals surface area contributed by atoms with E-state index in [-0.39, 0.29) is 19.8 Å². The fourth-order valence-electron chi connectivity index (χ4n) is 5.82. The smallest absolute Gasteiger partial charge is 0.250 e. The number of rotatable bonds is 4. The van der Waals surface area contributed by atoms with Gasteiger partial charge in [0.15, 0.2) is 11.5 Å². The van der Waals surface area contributed by atoms with E-state index in [4.69, 9.17) is 26.8 Å². The average molecular weight is 497 g/mol. The minimum atomic E-state index is -1.55. The standard InChI is InChI=1S/C24H21ClN4O6/c1-10-4-12-20(13(25)5-10)27-23(33)24(12)19-18(14(28-24)7-17(26)30)21(31)29(22(19)32)8-11-2-3-15-16(6-11)35-9-34-15/h2-6,14,18-19,28H,7-9H2,1H3,(H2,26,30)(H,27,33)/t14-,18-,19-,24+/m1/s1. The first kappa shape index (κ1) is 21.9. The second kappa shape index (κ2) is 7.43. The van der Waals surface area contributed by atoms with Crippen molar-refractivity contribution in [2.75, 3.05) is 12.1 Å². The van der Waals surface area contributed by atoms with E-state index in [1.165, 1.54) is 0 Å². The van der Waals surface area contributed by atoms with Gasteiger partial charge in [0.25, 0.3) is 0 Å². The summed E-state index contributed by atoms with van der Waals surface area (Å²) < 4.78 is 10.7. The van der Waals surface area contributed by atoms with Gasteiger partial charge in [0.2, 0.25) is 30.4 Å². The minimum absolute atomic E-state index is 0.0102. The summed E-state index contributed by atoms with van der Waals surface area (Å²) in [6.07, 6.45) is -0.206. The van der Waals surface area contributed by atoms with Crippen molar-refractivity contribution < 1.29 is 28.7 Å². The van der Waals surface area contributed by atoms with Crippen LogP contribution in [0, 0.1) is 18.8 Å². The zero-order valence-electron chi connectivity index (χ0n) is 18.6. The first-order valence-corrected chi connectivity index (χ1v) is 11.5. The number of hydrogen-bond donors (Lipinski definition) is 3. The van der Waals surface area contributed by atoms with Crippen molar-refractivity contribution in [1.82, 2.24) is 10.2 Å². The molecule has 4 aliphatic heterocycles. The summed E-state index contributed by atoms with van der Waals surface area (Å²) in [6.45, 7) is 1.91. The highest BCUT2D eigenvalue weighted by Gasteiger charge is 2.70. The average Bonchev–Trinajstić information content (AvgIpc) is 3.51. The molecule has 35 heavy (non-hydrogen) atoms. The number of primary amides is 1. The van der Waals surface area contributed by atoms with Gasteiger partial charge >= 0.3 is 0 Å². The Balaban J connectivity index is 1.44. The topological polar surface area (TPSA) is 140 Å². The Bertz CT molecular complexity index is 1350. The van der Waals surface area contributed by atoms with E-state index < -0.39 is 47.0 Å². The van der Waals surface area contributed by atoms with E-state index >= 15 is 0 Å². The fourth-order valence-corrected chi connectivity index (χ4v) is 6.14. The van der Waals surface area contributed by atoms with Crippen molar-refractivity contribution in [2.24, 2.45) is 17.6 Å². The number of hydrogen-bond acceptors (Lipinski definition) is 7. The Morgan fingerprint density at radius 2 is 1.94 bits per heavy atom. The number of halogens is 1. The van der Waals surface area contributed by atoms with Crippen molar-refractivity contribution in [2.45, 2.75) is 31.5 Å². The molecule has 2 aromatic rings. The number of nitrogens with zero attached hydrogens (tertiary/aromatic N) is 1. The molecule has 180 valence electrons. The summed E-state index contributed by atoms with van der Waals surface area (Å²) in [7, 11) is 0. The molecule has 0 aliphatic carbocycles. The number of anilines is 1. The van der Waals surface area contributed by atoms with Crippen LogP contribution in [-0.2, 0) is 31.3 Å². The Labute approximate surface area is 204 Å². The summed E-state index contributed by atoms with van der Waals surface area (Å²) in [5.74, 6) is -3.00. The van der Waals surface area contributed by atoms with Crippen LogP contribution in [0.3, 0.4) is 0 Å². The highest BCUT2D eigenvalue weighted by molar-refractivity contribution is 6.35. The Kier molecular flexibility index (Phi) is 4.64. The maximum atomic E-state index is 13.8. The molecule has 4 N–H and O–H groups in total. The minimum Gasteiger partial charge on any atom is -0.454 e. The van der Waals surface area contributed by atoms with Gasteiger partial charge in [-0.3, -0.25) is 29.4 Å². The first-order chi connectivity index (χ1) is 16.7. The zero-order chi connectivity index (χ0) is 24.6. The normalized spacial score (nSPS) is 28.0. The van der Waals surface area contributed by atoms with Crippen molar-refractivity contribution in [3.8, 4) is 11.5 Å². The van der Waals surface area contributed by atoms with Gasteiger partial charge in [0, 0.05) is 18.0 Å². The number of ether oxygens (including phenoxy) is 2. The molecule has 1 spiro atoms. The molecule has 2 aromatic carbocycles. The number of amides is 4. The summed E-state index contributed by atoms with van der Waals surface area (Å²) in [6, 6.07) is 7.86. The molecule has 2 fully saturated rings. The van der Waals surface area contributed by atoms with Gasteiger partial charge in [-0.05, 0) is 36.2 Å². The molecule has 4 amide bonds. The lowest BCUT2D eigenvalue weighted by molar-refractivity contribution is -0.143. The Morgan fingerprint density at radius 1 is 1.17 bits per heavy atom. The van der Waals surface area contributed by atoms with Gasteiger partial charge in [-0.2, -0.15) is 0 Å². The van der Waals surface area contributed by atoms with E-state index in [0.29, 0.717) is 33.3 Å². The van der Waals surface area contributed by atoms with Crippen molar-refractivity contribution >= 4 is 40.9 Å². The third-order valence-electron chi connectivity index (χ3n) is 7.21. The lowest BCUT2D eigenvalue weighted by Gasteiger charge is -2.29. The van der Waals surface area contributed by atoms with Gasteiger partial charge in [-0.1, -0.05) is 23.7 Å². The molecular formula is C24H21ClN4O6. The molecule has 0 radical (unpaired) electrons. The van der Waals surface area contributed by atoms with Gasteiger partial charge in [0.1, 0.15) is 5.54 Å². The molecule has 11 heteroatoms. The van der Waals surface area contributed by atoms with Crippen LogP contribution >= 0.6 is 11.6 Å². The molecule has 4 aliphatic rings. The fraction of sp³-hybridized carbons (Fsp3) is 0.333. The van der Waals surface area contributed by atoms with E-state index in [9.17, 15) is 19.2 Å². The number of nitrogens with one attached hydrogen (secondary N) is 2. The van der Waals surface area contributed by atoms with Gasteiger partial charge < -0.3 is 20.5 Å². The van der Waals surface area contributed by atoms with E-state index in [0.717, 1.165) is 10.5 Å². The van der Waals surface area contributed by atoms with Crippen molar-refractivity contribution in [3.05, 3.63) is 52.0 Å². The molecule has 6 rings (SSSR count). The summed E-state index contributed by atoms with van der Waals surface area (Å²) in [5.41, 5.74) is 6.26. The van der Waals surface area contributed by atoms with Crippen LogP contribution in [0.1, 0.15) is 23.1 Å². The summed E-state index contributed by atoms with van der Waals surface area (Å²) >= 11 is 6.41. The monoisotopic (exact) mass is 496 g/mol.